The molecule has 0 bridgehead atoms. The monoisotopic (exact) mass is 386 g/mol. The van der Waals surface area contributed by atoms with Gasteiger partial charge >= 0.3 is 6.18 Å². The van der Waals surface area contributed by atoms with E-state index in [9.17, 15) is 18.3 Å². The van der Waals surface area contributed by atoms with E-state index >= 15 is 0 Å². The third-order valence-corrected chi connectivity index (χ3v) is 5.81. The van der Waals surface area contributed by atoms with E-state index in [0.29, 0.717) is 24.6 Å². The molecule has 8 heteroatoms. The summed E-state index contributed by atoms with van der Waals surface area (Å²) in [6.07, 6.45) is -4.38. The SMILES string of the molecule is CCN1CCN(C[C@@H]2CN(c3cc(C(F)(F)F)cc(C)n3)C[C@@H]2CO)CC1. The Balaban J connectivity index is 1.68. The van der Waals surface area contributed by atoms with E-state index in [-0.39, 0.29) is 18.4 Å². The lowest BCUT2D eigenvalue weighted by atomic mass is 9.96. The molecule has 1 aromatic heterocycles. The first-order valence-electron chi connectivity index (χ1n) is 9.66. The van der Waals surface area contributed by atoms with E-state index in [1.165, 1.54) is 0 Å². The van der Waals surface area contributed by atoms with Crippen LogP contribution in [0.25, 0.3) is 0 Å². The highest BCUT2D eigenvalue weighted by atomic mass is 19.4. The zero-order valence-corrected chi connectivity index (χ0v) is 16.0. The molecule has 2 aliphatic heterocycles. The first-order chi connectivity index (χ1) is 12.8. The zero-order valence-electron chi connectivity index (χ0n) is 16.0. The number of aromatic nitrogens is 1. The summed E-state index contributed by atoms with van der Waals surface area (Å²) < 4.78 is 39.4. The Hall–Kier alpha value is -1.38. The van der Waals surface area contributed by atoms with Crippen LogP contribution < -0.4 is 4.90 Å². The molecule has 0 saturated carbocycles. The van der Waals surface area contributed by atoms with Gasteiger partial charge in [0.05, 0.1) is 5.56 Å². The zero-order chi connectivity index (χ0) is 19.6. The average molecular weight is 386 g/mol. The van der Waals surface area contributed by atoms with Crippen LogP contribution in [0.1, 0.15) is 18.2 Å². The Bertz CT molecular complexity index is 632. The van der Waals surface area contributed by atoms with Gasteiger partial charge in [-0.25, -0.2) is 4.98 Å². The smallest absolute Gasteiger partial charge is 0.396 e. The molecule has 2 atom stereocenters. The van der Waals surface area contributed by atoms with Gasteiger partial charge in [-0.3, -0.25) is 0 Å². The van der Waals surface area contributed by atoms with Crippen molar-refractivity contribution >= 4 is 5.82 Å². The summed E-state index contributed by atoms with van der Waals surface area (Å²) in [5.41, 5.74) is -0.302. The Morgan fingerprint density at radius 1 is 1.07 bits per heavy atom. The van der Waals surface area contributed by atoms with E-state index in [2.05, 4.69) is 21.7 Å². The number of anilines is 1. The van der Waals surface area contributed by atoms with Crippen molar-refractivity contribution in [2.45, 2.75) is 20.0 Å². The van der Waals surface area contributed by atoms with Crippen molar-refractivity contribution in [1.29, 1.82) is 0 Å². The molecule has 2 aliphatic rings. The molecule has 2 fully saturated rings. The van der Waals surface area contributed by atoms with Crippen molar-refractivity contribution in [3.8, 4) is 0 Å². The van der Waals surface area contributed by atoms with Gasteiger partial charge in [0.15, 0.2) is 0 Å². The molecule has 0 aliphatic carbocycles. The van der Waals surface area contributed by atoms with Crippen LogP contribution >= 0.6 is 0 Å². The summed E-state index contributed by atoms with van der Waals surface area (Å²) in [6.45, 7) is 11.0. The van der Waals surface area contributed by atoms with Gasteiger partial charge in [0.1, 0.15) is 5.82 Å². The fourth-order valence-corrected chi connectivity index (χ4v) is 4.14. The molecule has 0 amide bonds. The summed E-state index contributed by atoms with van der Waals surface area (Å²) in [5, 5.41) is 9.80. The average Bonchev–Trinajstić information content (AvgIpc) is 3.04. The minimum atomic E-state index is -4.38. The van der Waals surface area contributed by atoms with E-state index in [0.717, 1.165) is 51.4 Å². The molecule has 5 nitrogen and oxygen atoms in total. The fraction of sp³-hybridized carbons (Fsp3) is 0.737. The number of rotatable bonds is 5. The van der Waals surface area contributed by atoms with E-state index in [1.54, 1.807) is 6.92 Å². The first-order valence-corrected chi connectivity index (χ1v) is 9.66. The van der Waals surface area contributed by atoms with Crippen LogP contribution in [-0.4, -0.2) is 78.9 Å². The predicted octanol–water partition coefficient (Wildman–Crippen LogP) is 2.09. The second-order valence-corrected chi connectivity index (χ2v) is 7.70. The number of aryl methyl sites for hydroxylation is 1. The Morgan fingerprint density at radius 2 is 1.70 bits per heavy atom. The lowest BCUT2D eigenvalue weighted by Crippen LogP contribution is -2.48. The topological polar surface area (TPSA) is 42.8 Å². The van der Waals surface area contributed by atoms with Crippen LogP contribution in [0, 0.1) is 18.8 Å². The van der Waals surface area contributed by atoms with Gasteiger partial charge in [0.25, 0.3) is 0 Å². The third kappa shape index (κ3) is 4.92. The molecule has 0 spiro atoms. The molecule has 0 aromatic carbocycles. The van der Waals surface area contributed by atoms with Crippen molar-refractivity contribution in [3.05, 3.63) is 23.4 Å². The van der Waals surface area contributed by atoms with Gasteiger partial charge in [-0.05, 0) is 31.5 Å². The van der Waals surface area contributed by atoms with Crippen LogP contribution in [0.4, 0.5) is 19.0 Å². The lowest BCUT2D eigenvalue weighted by Gasteiger charge is -2.36. The molecular formula is C19H29F3N4O. The summed E-state index contributed by atoms with van der Waals surface area (Å²) in [6, 6.07) is 2.21. The normalized spacial score (nSPS) is 25.3. The molecule has 27 heavy (non-hydrogen) atoms. The molecule has 3 rings (SSSR count). The maximum Gasteiger partial charge on any atom is 0.416 e. The minimum Gasteiger partial charge on any atom is -0.396 e. The van der Waals surface area contributed by atoms with Gasteiger partial charge in [-0.1, -0.05) is 6.92 Å². The standard InChI is InChI=1S/C19H29F3N4O/c1-3-24-4-6-25(7-5-24)10-15-11-26(12-16(15)13-27)18-9-17(19(20,21)22)8-14(2)23-18/h8-9,15-16,27H,3-7,10-13H2,1-2H3/t15-,16-/m1/s1. The minimum absolute atomic E-state index is 0.0496. The van der Waals surface area contributed by atoms with E-state index in [4.69, 9.17) is 0 Å². The highest BCUT2D eigenvalue weighted by Gasteiger charge is 2.36. The van der Waals surface area contributed by atoms with Gasteiger partial charge in [0.2, 0.25) is 0 Å². The predicted molar refractivity (Wildman–Crippen MR) is 98.8 cm³/mol. The summed E-state index contributed by atoms with van der Waals surface area (Å²) in [7, 11) is 0. The molecule has 0 unspecified atom stereocenters. The summed E-state index contributed by atoms with van der Waals surface area (Å²) in [5.74, 6) is 0.657. The first kappa shape index (κ1) is 20.4. The quantitative estimate of drug-likeness (QED) is 0.840. The number of pyridine rings is 1. The van der Waals surface area contributed by atoms with Crippen LogP contribution in [0.15, 0.2) is 12.1 Å². The van der Waals surface area contributed by atoms with Crippen LogP contribution in [0.2, 0.25) is 0 Å². The highest BCUT2D eigenvalue weighted by Crippen LogP contribution is 2.34. The third-order valence-electron chi connectivity index (χ3n) is 5.81. The van der Waals surface area contributed by atoms with E-state index in [1.807, 2.05) is 4.90 Å². The van der Waals surface area contributed by atoms with Crippen molar-refractivity contribution in [3.63, 3.8) is 0 Å². The van der Waals surface area contributed by atoms with E-state index < -0.39 is 11.7 Å². The maximum atomic E-state index is 13.1. The van der Waals surface area contributed by atoms with Crippen LogP contribution in [0.3, 0.4) is 0 Å². The van der Waals surface area contributed by atoms with Gasteiger partial charge in [-0.2, -0.15) is 13.2 Å². The number of nitrogens with zero attached hydrogens (tertiary/aromatic N) is 4. The van der Waals surface area contributed by atoms with Crippen molar-refractivity contribution in [2.24, 2.45) is 11.8 Å². The molecule has 152 valence electrons. The summed E-state index contributed by atoms with van der Waals surface area (Å²) >= 11 is 0. The number of alkyl halides is 3. The number of hydrogen-bond acceptors (Lipinski definition) is 5. The molecule has 3 heterocycles. The lowest BCUT2D eigenvalue weighted by molar-refractivity contribution is -0.137. The maximum absolute atomic E-state index is 13.1. The number of aliphatic hydroxyl groups is 1. The molecule has 0 radical (unpaired) electrons. The highest BCUT2D eigenvalue weighted by molar-refractivity contribution is 5.45. The van der Waals surface area contributed by atoms with Crippen LogP contribution in [-0.2, 0) is 6.18 Å². The molecule has 1 aromatic rings. The van der Waals surface area contributed by atoms with Gasteiger partial charge in [-0.15, -0.1) is 0 Å². The summed E-state index contributed by atoms with van der Waals surface area (Å²) in [4.78, 5) is 11.0. The second kappa shape index (κ2) is 8.32. The molecular weight excluding hydrogens is 357 g/mol. The Labute approximate surface area is 158 Å². The van der Waals surface area contributed by atoms with Gasteiger partial charge in [0, 0.05) is 64.0 Å². The second-order valence-electron chi connectivity index (χ2n) is 7.70. The van der Waals surface area contributed by atoms with Crippen LogP contribution in [0.5, 0.6) is 0 Å². The fourth-order valence-electron chi connectivity index (χ4n) is 4.14. The van der Waals surface area contributed by atoms with Crippen molar-refractivity contribution in [1.82, 2.24) is 14.8 Å². The largest absolute Gasteiger partial charge is 0.416 e. The molecule has 2 saturated heterocycles. The number of likely N-dealkylation sites (N-methyl/N-ethyl adjacent to an activating group) is 1. The van der Waals surface area contributed by atoms with Gasteiger partial charge < -0.3 is 19.8 Å². The Morgan fingerprint density at radius 3 is 2.30 bits per heavy atom. The van der Waals surface area contributed by atoms with Crippen molar-refractivity contribution < 1.29 is 18.3 Å². The number of halogens is 3. The molecule has 1 N–H and O–H groups in total. The number of piperazine rings is 1. The number of hydrogen-bond donors (Lipinski definition) is 1. The van der Waals surface area contributed by atoms with Crippen molar-refractivity contribution in [2.75, 3.05) is 63.9 Å². The number of aliphatic hydroxyl groups excluding tert-OH is 1. The Kier molecular flexibility index (Phi) is 6.28.